The van der Waals surface area contributed by atoms with Crippen molar-refractivity contribution in [2.45, 2.75) is 32.4 Å². The highest BCUT2D eigenvalue weighted by molar-refractivity contribution is 7.98. The van der Waals surface area contributed by atoms with Gasteiger partial charge in [0.05, 0.1) is 5.75 Å². The van der Waals surface area contributed by atoms with Gasteiger partial charge in [-0.15, -0.1) is 0 Å². The molecule has 0 aliphatic carbocycles. The van der Waals surface area contributed by atoms with Gasteiger partial charge in [-0.1, -0.05) is 13.3 Å². The van der Waals surface area contributed by atoms with Gasteiger partial charge in [0.1, 0.15) is 5.76 Å². The van der Waals surface area contributed by atoms with Crippen LogP contribution in [-0.2, 0) is 5.75 Å². The van der Waals surface area contributed by atoms with Gasteiger partial charge in [-0.05, 0) is 25.2 Å². The second-order valence-electron chi connectivity index (χ2n) is 3.60. The number of carbonyl (C=O) groups excluding carboxylic acids is 1. The standard InChI is InChI=1S/C11H18N2O2S/c1-3-4-5-16-7-9-6-8(2)10(15-9)11(14)13-12/h6H,3-5,7,12H2,1-2H3,(H,13,14). The summed E-state index contributed by atoms with van der Waals surface area (Å²) in [5, 5.41) is 0. The highest BCUT2D eigenvalue weighted by atomic mass is 32.2. The number of nitrogens with one attached hydrogen (secondary N) is 1. The predicted molar refractivity (Wildman–Crippen MR) is 66.2 cm³/mol. The minimum atomic E-state index is -0.373. The van der Waals surface area contributed by atoms with Gasteiger partial charge >= 0.3 is 5.91 Å². The average molecular weight is 242 g/mol. The Morgan fingerprint density at radius 1 is 1.62 bits per heavy atom. The summed E-state index contributed by atoms with van der Waals surface area (Å²) in [4.78, 5) is 11.3. The smallest absolute Gasteiger partial charge is 0.301 e. The summed E-state index contributed by atoms with van der Waals surface area (Å²) >= 11 is 1.82. The number of aryl methyl sites for hydroxylation is 1. The molecule has 3 N–H and O–H groups in total. The number of nitrogen functional groups attached to an aromatic ring is 1. The van der Waals surface area contributed by atoms with Gasteiger partial charge in [0.25, 0.3) is 0 Å². The maximum absolute atomic E-state index is 11.3. The van der Waals surface area contributed by atoms with Crippen LogP contribution in [0.4, 0.5) is 0 Å². The van der Waals surface area contributed by atoms with E-state index in [0.717, 1.165) is 22.8 Å². The Labute approximate surface area is 99.9 Å². The summed E-state index contributed by atoms with van der Waals surface area (Å²) in [5.41, 5.74) is 2.90. The molecule has 0 radical (unpaired) electrons. The first kappa shape index (κ1) is 13.1. The van der Waals surface area contributed by atoms with Crippen LogP contribution >= 0.6 is 11.8 Å². The van der Waals surface area contributed by atoms with Crippen LogP contribution in [0.5, 0.6) is 0 Å². The van der Waals surface area contributed by atoms with Crippen molar-refractivity contribution < 1.29 is 9.21 Å². The van der Waals surface area contributed by atoms with Crippen molar-refractivity contribution in [3.05, 3.63) is 23.2 Å². The normalized spacial score (nSPS) is 10.4. The van der Waals surface area contributed by atoms with E-state index < -0.39 is 0 Å². The third-order valence-corrected chi connectivity index (χ3v) is 3.26. The van der Waals surface area contributed by atoms with Crippen molar-refractivity contribution in [3.8, 4) is 0 Å². The van der Waals surface area contributed by atoms with Crippen LogP contribution in [0.25, 0.3) is 0 Å². The molecule has 0 spiro atoms. The fourth-order valence-electron chi connectivity index (χ4n) is 1.33. The summed E-state index contributed by atoms with van der Waals surface area (Å²) in [6, 6.07) is 1.89. The second kappa shape index (κ2) is 6.60. The van der Waals surface area contributed by atoms with Gasteiger partial charge < -0.3 is 4.42 Å². The number of carbonyl (C=O) groups is 1. The fraction of sp³-hybridized carbons (Fsp3) is 0.545. The quantitative estimate of drug-likeness (QED) is 0.347. The molecule has 0 saturated heterocycles. The fourth-order valence-corrected chi connectivity index (χ4v) is 2.31. The molecule has 1 aromatic heterocycles. The van der Waals surface area contributed by atoms with Crippen molar-refractivity contribution in [3.63, 3.8) is 0 Å². The van der Waals surface area contributed by atoms with E-state index in [1.54, 1.807) is 0 Å². The molecular weight excluding hydrogens is 224 g/mol. The largest absolute Gasteiger partial charge is 0.455 e. The molecule has 0 atom stereocenters. The van der Waals surface area contributed by atoms with Gasteiger partial charge in [0.15, 0.2) is 5.76 Å². The Morgan fingerprint density at radius 3 is 3.00 bits per heavy atom. The van der Waals surface area contributed by atoms with Crippen LogP contribution in [-0.4, -0.2) is 11.7 Å². The molecule has 0 aliphatic rings. The second-order valence-corrected chi connectivity index (χ2v) is 4.71. The molecule has 0 unspecified atom stereocenters. The summed E-state index contributed by atoms with van der Waals surface area (Å²) in [7, 11) is 0. The van der Waals surface area contributed by atoms with Crippen molar-refractivity contribution in [2.24, 2.45) is 5.84 Å². The third-order valence-electron chi connectivity index (χ3n) is 2.19. The lowest BCUT2D eigenvalue weighted by Gasteiger charge is -1.97. The van der Waals surface area contributed by atoms with Crippen LogP contribution < -0.4 is 11.3 Å². The third kappa shape index (κ3) is 3.57. The van der Waals surface area contributed by atoms with Gasteiger partial charge in [0.2, 0.25) is 0 Å². The Morgan fingerprint density at radius 2 is 2.38 bits per heavy atom. The number of furan rings is 1. The van der Waals surface area contributed by atoms with Gasteiger partial charge in [-0.25, -0.2) is 5.84 Å². The van der Waals surface area contributed by atoms with Gasteiger partial charge in [-0.2, -0.15) is 11.8 Å². The maximum Gasteiger partial charge on any atom is 0.301 e. The molecule has 16 heavy (non-hydrogen) atoms. The molecule has 1 rings (SSSR count). The van der Waals surface area contributed by atoms with Crippen LogP contribution in [0, 0.1) is 6.92 Å². The summed E-state index contributed by atoms with van der Waals surface area (Å²) < 4.78 is 5.43. The van der Waals surface area contributed by atoms with Gasteiger partial charge in [-0.3, -0.25) is 10.2 Å². The van der Waals surface area contributed by atoms with E-state index in [-0.39, 0.29) is 5.91 Å². The highest BCUT2D eigenvalue weighted by Gasteiger charge is 2.14. The molecule has 5 heteroatoms. The van der Waals surface area contributed by atoms with Crippen molar-refractivity contribution >= 4 is 17.7 Å². The van der Waals surface area contributed by atoms with Crippen molar-refractivity contribution in [1.29, 1.82) is 0 Å². The van der Waals surface area contributed by atoms with E-state index in [1.807, 2.05) is 24.8 Å². The summed E-state index contributed by atoms with van der Waals surface area (Å²) in [5.74, 6) is 7.75. The van der Waals surface area contributed by atoms with Crippen molar-refractivity contribution in [2.75, 3.05) is 5.75 Å². The monoisotopic (exact) mass is 242 g/mol. The lowest BCUT2D eigenvalue weighted by atomic mass is 10.2. The number of hydrogen-bond donors (Lipinski definition) is 2. The van der Waals surface area contributed by atoms with E-state index in [1.165, 1.54) is 12.8 Å². The number of nitrogens with two attached hydrogens (primary N) is 1. The van der Waals surface area contributed by atoms with Gasteiger partial charge in [0, 0.05) is 5.56 Å². The van der Waals surface area contributed by atoms with Crippen LogP contribution in [0.2, 0.25) is 0 Å². The lowest BCUT2D eigenvalue weighted by molar-refractivity contribution is 0.0923. The molecule has 0 saturated carbocycles. The zero-order valence-electron chi connectivity index (χ0n) is 9.71. The lowest BCUT2D eigenvalue weighted by Crippen LogP contribution is -2.30. The number of rotatable bonds is 6. The Balaban J connectivity index is 2.52. The van der Waals surface area contributed by atoms with E-state index in [9.17, 15) is 4.79 Å². The summed E-state index contributed by atoms with van der Waals surface area (Å²) in [6.07, 6.45) is 2.41. The van der Waals surface area contributed by atoms with E-state index >= 15 is 0 Å². The molecule has 0 aliphatic heterocycles. The molecule has 4 nitrogen and oxygen atoms in total. The Hall–Kier alpha value is -0.940. The molecule has 1 heterocycles. The van der Waals surface area contributed by atoms with Crippen LogP contribution in [0.3, 0.4) is 0 Å². The summed E-state index contributed by atoms with van der Waals surface area (Å²) in [6.45, 7) is 4.01. The number of unbranched alkanes of at least 4 members (excludes halogenated alkanes) is 1. The van der Waals surface area contributed by atoms with Crippen LogP contribution in [0.15, 0.2) is 10.5 Å². The molecule has 1 aromatic rings. The predicted octanol–water partition coefficient (Wildman–Crippen LogP) is 2.22. The number of thioether (sulfide) groups is 1. The number of hydrazine groups is 1. The average Bonchev–Trinajstić information content (AvgIpc) is 2.65. The molecule has 1 amide bonds. The Bertz CT molecular complexity index is 350. The molecule has 0 fully saturated rings. The van der Waals surface area contributed by atoms with E-state index in [2.05, 4.69) is 12.3 Å². The maximum atomic E-state index is 11.3. The first-order valence-electron chi connectivity index (χ1n) is 5.37. The van der Waals surface area contributed by atoms with Crippen molar-refractivity contribution in [1.82, 2.24) is 5.43 Å². The molecule has 90 valence electrons. The van der Waals surface area contributed by atoms with Crippen LogP contribution in [0.1, 0.15) is 41.6 Å². The molecule has 0 bridgehead atoms. The topological polar surface area (TPSA) is 68.3 Å². The minimum absolute atomic E-state index is 0.314. The highest BCUT2D eigenvalue weighted by Crippen LogP contribution is 2.20. The molecule has 0 aromatic carbocycles. The van der Waals surface area contributed by atoms with E-state index in [4.69, 9.17) is 10.3 Å². The first-order valence-corrected chi connectivity index (χ1v) is 6.52. The Kier molecular flexibility index (Phi) is 5.42. The first-order chi connectivity index (χ1) is 7.69. The number of hydrogen-bond acceptors (Lipinski definition) is 4. The zero-order valence-corrected chi connectivity index (χ0v) is 10.5. The SMILES string of the molecule is CCCCSCc1cc(C)c(C(=O)NN)o1. The van der Waals surface area contributed by atoms with E-state index in [0.29, 0.717) is 5.76 Å². The number of amides is 1. The minimum Gasteiger partial charge on any atom is -0.455 e. The zero-order chi connectivity index (χ0) is 12.0. The molecular formula is C11H18N2O2S.